The quantitative estimate of drug-likeness (QED) is 0.714. The molecule has 28 heavy (non-hydrogen) atoms. The third kappa shape index (κ3) is 2.60. The molecule has 142 valence electrons. The average Bonchev–Trinajstić information content (AvgIpc) is 3.04. The van der Waals surface area contributed by atoms with Gasteiger partial charge in [0.1, 0.15) is 5.92 Å². The number of imide groups is 2. The average molecular weight is 375 g/mol. The van der Waals surface area contributed by atoms with Gasteiger partial charge in [-0.1, -0.05) is 48.5 Å². The van der Waals surface area contributed by atoms with Gasteiger partial charge in [-0.2, -0.15) is 0 Å². The number of H-pyrrole nitrogens is 1. The van der Waals surface area contributed by atoms with E-state index in [1.54, 1.807) is 0 Å². The van der Waals surface area contributed by atoms with Crippen LogP contribution < -0.4 is 0 Å². The van der Waals surface area contributed by atoms with Crippen molar-refractivity contribution in [1.82, 2.24) is 14.8 Å². The Labute approximate surface area is 162 Å². The van der Waals surface area contributed by atoms with Gasteiger partial charge in [0.2, 0.25) is 11.8 Å². The minimum atomic E-state index is -1.01. The Morgan fingerprint density at radius 1 is 0.857 bits per heavy atom. The number of aryl methyl sites for hydroxylation is 1. The number of hydrogen-bond donors (Lipinski definition) is 1. The van der Waals surface area contributed by atoms with Gasteiger partial charge in [0.25, 0.3) is 0 Å². The minimum absolute atomic E-state index is 0.480. The summed E-state index contributed by atoms with van der Waals surface area (Å²) in [7, 11) is 2.84. The van der Waals surface area contributed by atoms with Gasteiger partial charge in [-0.25, -0.2) is 4.79 Å². The maximum absolute atomic E-state index is 13.1. The van der Waals surface area contributed by atoms with Crippen molar-refractivity contribution in [3.8, 4) is 0 Å². The molecule has 1 fully saturated rings. The molecule has 1 aliphatic rings. The van der Waals surface area contributed by atoms with Crippen molar-refractivity contribution >= 4 is 28.7 Å². The largest absolute Gasteiger partial charge is 0.358 e. The van der Waals surface area contributed by atoms with Gasteiger partial charge >= 0.3 is 6.03 Å². The molecule has 3 aromatic rings. The molecule has 1 unspecified atom stereocenters. The smallest absolute Gasteiger partial charge is 0.332 e. The number of carbonyl (C=O) groups is 3. The lowest BCUT2D eigenvalue weighted by Crippen LogP contribution is -2.58. The maximum atomic E-state index is 13.1. The molecule has 1 atom stereocenters. The lowest BCUT2D eigenvalue weighted by molar-refractivity contribution is -0.148. The number of aromatic nitrogens is 1. The van der Waals surface area contributed by atoms with Crippen LogP contribution in [0.15, 0.2) is 54.6 Å². The van der Waals surface area contributed by atoms with Crippen LogP contribution in [0.3, 0.4) is 0 Å². The first-order valence-electron chi connectivity index (χ1n) is 9.13. The summed E-state index contributed by atoms with van der Waals surface area (Å²) in [4.78, 5) is 43.8. The highest BCUT2D eigenvalue weighted by atomic mass is 16.2. The molecular formula is C22H21N3O3. The zero-order valence-corrected chi connectivity index (χ0v) is 16.0. The number of benzene rings is 2. The number of urea groups is 1. The van der Waals surface area contributed by atoms with Crippen LogP contribution in [0, 0.1) is 12.8 Å². The van der Waals surface area contributed by atoms with E-state index in [1.807, 2.05) is 61.5 Å². The summed E-state index contributed by atoms with van der Waals surface area (Å²) in [6.45, 7) is 1.95. The Morgan fingerprint density at radius 2 is 1.43 bits per heavy atom. The number of nitrogens with one attached hydrogen (secondary N) is 1. The lowest BCUT2D eigenvalue weighted by Gasteiger charge is -2.37. The first kappa shape index (κ1) is 18.0. The summed E-state index contributed by atoms with van der Waals surface area (Å²) in [5, 5.41) is 0.969. The number of nitrogens with zero attached hydrogens (tertiary/aromatic N) is 2. The van der Waals surface area contributed by atoms with E-state index in [2.05, 4.69) is 4.98 Å². The first-order valence-corrected chi connectivity index (χ1v) is 9.13. The van der Waals surface area contributed by atoms with Crippen molar-refractivity contribution in [2.24, 2.45) is 5.92 Å². The SMILES string of the molecule is Cc1[nH]c2ccccc2c1C(c1ccccc1)C1C(=O)N(C)C(=O)N(C)C1=O. The van der Waals surface area contributed by atoms with Crippen molar-refractivity contribution in [3.05, 3.63) is 71.4 Å². The Morgan fingerprint density at radius 3 is 2.07 bits per heavy atom. The van der Waals surface area contributed by atoms with Gasteiger partial charge in [-0.15, -0.1) is 0 Å². The molecule has 4 amide bonds. The molecule has 2 aromatic carbocycles. The lowest BCUT2D eigenvalue weighted by atomic mass is 9.77. The molecule has 0 spiro atoms. The van der Waals surface area contributed by atoms with Crippen LogP contribution in [-0.2, 0) is 9.59 Å². The van der Waals surface area contributed by atoms with Crippen LogP contribution >= 0.6 is 0 Å². The molecule has 1 N–H and O–H groups in total. The summed E-state index contributed by atoms with van der Waals surface area (Å²) in [5.74, 6) is -2.47. The van der Waals surface area contributed by atoms with Gasteiger partial charge < -0.3 is 4.98 Å². The fraction of sp³-hybridized carbons (Fsp3) is 0.227. The highest BCUT2D eigenvalue weighted by molar-refractivity contribution is 6.16. The van der Waals surface area contributed by atoms with Crippen molar-refractivity contribution in [2.45, 2.75) is 12.8 Å². The number of fused-ring (bicyclic) bond motifs is 1. The van der Waals surface area contributed by atoms with Crippen LogP contribution in [0.5, 0.6) is 0 Å². The monoisotopic (exact) mass is 375 g/mol. The van der Waals surface area contributed by atoms with E-state index < -0.39 is 29.7 Å². The predicted octanol–water partition coefficient (Wildman–Crippen LogP) is 3.27. The van der Waals surface area contributed by atoms with E-state index in [9.17, 15) is 14.4 Å². The Balaban J connectivity index is 1.97. The second kappa shape index (κ2) is 6.64. The predicted molar refractivity (Wildman–Crippen MR) is 106 cm³/mol. The van der Waals surface area contributed by atoms with E-state index in [1.165, 1.54) is 14.1 Å². The first-order chi connectivity index (χ1) is 13.4. The number of amides is 4. The second-order valence-electron chi connectivity index (χ2n) is 7.15. The van der Waals surface area contributed by atoms with Gasteiger partial charge in [0.05, 0.1) is 0 Å². The van der Waals surface area contributed by atoms with Gasteiger partial charge in [-0.3, -0.25) is 19.4 Å². The molecule has 6 nitrogen and oxygen atoms in total. The van der Waals surface area contributed by atoms with Gasteiger partial charge in [0, 0.05) is 36.6 Å². The van der Waals surface area contributed by atoms with E-state index >= 15 is 0 Å². The topological polar surface area (TPSA) is 73.5 Å². The standard InChI is InChI=1S/C22H21N3O3/c1-13-17(15-11-7-8-12-16(15)23-13)18(14-9-5-4-6-10-14)19-20(26)24(2)22(28)25(3)21(19)27/h4-12,18-19,23H,1-3H3. The van der Waals surface area contributed by atoms with Gasteiger partial charge in [0.15, 0.2) is 0 Å². The van der Waals surface area contributed by atoms with Crippen molar-refractivity contribution in [3.63, 3.8) is 0 Å². The van der Waals surface area contributed by atoms with Crippen LogP contribution in [0.1, 0.15) is 22.7 Å². The number of carbonyl (C=O) groups excluding carboxylic acids is 3. The summed E-state index contributed by atoms with van der Waals surface area (Å²) in [5.41, 5.74) is 3.62. The van der Waals surface area contributed by atoms with E-state index in [-0.39, 0.29) is 0 Å². The van der Waals surface area contributed by atoms with Crippen LogP contribution in [0.4, 0.5) is 4.79 Å². The molecule has 0 saturated carbocycles. The molecule has 1 aliphatic heterocycles. The molecule has 2 heterocycles. The second-order valence-corrected chi connectivity index (χ2v) is 7.15. The number of aromatic amines is 1. The third-order valence-electron chi connectivity index (χ3n) is 5.51. The highest BCUT2D eigenvalue weighted by Crippen LogP contribution is 2.41. The van der Waals surface area contributed by atoms with E-state index in [0.29, 0.717) is 0 Å². The summed E-state index contributed by atoms with van der Waals surface area (Å²) in [6, 6.07) is 16.8. The summed E-state index contributed by atoms with van der Waals surface area (Å²) >= 11 is 0. The fourth-order valence-electron chi connectivity index (χ4n) is 4.11. The Bertz CT molecular complexity index is 1060. The molecule has 1 saturated heterocycles. The fourth-order valence-corrected chi connectivity index (χ4v) is 4.11. The van der Waals surface area contributed by atoms with Crippen LogP contribution in [0.25, 0.3) is 10.9 Å². The molecule has 0 aliphatic carbocycles. The highest BCUT2D eigenvalue weighted by Gasteiger charge is 2.48. The Hall–Kier alpha value is -3.41. The number of hydrogen-bond acceptors (Lipinski definition) is 3. The zero-order chi connectivity index (χ0) is 20.0. The molecule has 0 bridgehead atoms. The number of rotatable bonds is 3. The number of barbiturate groups is 1. The third-order valence-corrected chi connectivity index (χ3v) is 5.51. The molecule has 6 heteroatoms. The van der Waals surface area contributed by atoms with Crippen molar-refractivity contribution in [1.29, 1.82) is 0 Å². The van der Waals surface area contributed by atoms with Crippen LogP contribution in [0.2, 0.25) is 0 Å². The molecular weight excluding hydrogens is 354 g/mol. The normalized spacial score (nSPS) is 16.9. The summed E-state index contributed by atoms with van der Waals surface area (Å²) < 4.78 is 0. The molecule has 0 radical (unpaired) electrons. The van der Waals surface area contributed by atoms with Crippen molar-refractivity contribution in [2.75, 3.05) is 14.1 Å². The van der Waals surface area contributed by atoms with E-state index in [0.717, 1.165) is 37.5 Å². The Kier molecular flexibility index (Phi) is 4.26. The van der Waals surface area contributed by atoms with Crippen molar-refractivity contribution < 1.29 is 14.4 Å². The minimum Gasteiger partial charge on any atom is -0.358 e. The zero-order valence-electron chi connectivity index (χ0n) is 16.0. The molecule has 4 rings (SSSR count). The molecule has 1 aromatic heterocycles. The maximum Gasteiger partial charge on any atom is 0.332 e. The van der Waals surface area contributed by atoms with Gasteiger partial charge in [-0.05, 0) is 24.1 Å². The van der Waals surface area contributed by atoms with E-state index in [4.69, 9.17) is 0 Å². The summed E-state index contributed by atoms with van der Waals surface area (Å²) in [6.07, 6.45) is 0. The number of para-hydroxylation sites is 1. The van der Waals surface area contributed by atoms with Crippen LogP contribution in [-0.4, -0.2) is 46.7 Å².